The maximum atomic E-state index is 13.6. The maximum Gasteiger partial charge on any atom is 0.224 e. The van der Waals surface area contributed by atoms with Crippen molar-refractivity contribution in [3.05, 3.63) is 45.8 Å². The van der Waals surface area contributed by atoms with Gasteiger partial charge in [-0.05, 0) is 29.5 Å². The Kier molecular flexibility index (Phi) is 6.88. The number of rotatable bonds is 3. The van der Waals surface area contributed by atoms with Gasteiger partial charge in [-0.15, -0.1) is 36.2 Å². The Bertz CT molecular complexity index is 808. The standard InChI is InChI=1S/C13H9ClF2N4S.2ClH/c1-6-5-21-11-10(6)19-13(14)20-12(11)18-2-7-8(15)3-17-4-9(7)16;;/h3-5H,2H2,1H3,(H,18,19,20);2*1H. The molecule has 0 aliphatic rings. The van der Waals surface area contributed by atoms with Crippen LogP contribution in [0, 0.1) is 18.6 Å². The van der Waals surface area contributed by atoms with Gasteiger partial charge in [0.15, 0.2) is 0 Å². The number of nitrogens with one attached hydrogen (secondary N) is 1. The molecule has 0 aliphatic carbocycles. The van der Waals surface area contributed by atoms with Crippen molar-refractivity contribution in [3.8, 4) is 0 Å². The van der Waals surface area contributed by atoms with Gasteiger partial charge in [0.1, 0.15) is 17.5 Å². The molecule has 3 aromatic heterocycles. The lowest BCUT2D eigenvalue weighted by molar-refractivity contribution is 0.550. The van der Waals surface area contributed by atoms with Crippen molar-refractivity contribution >= 4 is 63.8 Å². The van der Waals surface area contributed by atoms with Gasteiger partial charge in [-0.2, -0.15) is 4.98 Å². The van der Waals surface area contributed by atoms with E-state index >= 15 is 0 Å². The molecule has 0 saturated carbocycles. The van der Waals surface area contributed by atoms with Crippen LogP contribution in [0.2, 0.25) is 5.28 Å². The van der Waals surface area contributed by atoms with Gasteiger partial charge < -0.3 is 5.32 Å². The van der Waals surface area contributed by atoms with Crippen LogP contribution in [0.15, 0.2) is 17.8 Å². The van der Waals surface area contributed by atoms with Gasteiger partial charge in [-0.1, -0.05) is 0 Å². The van der Waals surface area contributed by atoms with Crippen molar-refractivity contribution in [2.24, 2.45) is 0 Å². The van der Waals surface area contributed by atoms with E-state index in [-0.39, 0.29) is 42.2 Å². The largest absolute Gasteiger partial charge is 0.364 e. The molecule has 4 nitrogen and oxygen atoms in total. The molecule has 23 heavy (non-hydrogen) atoms. The first-order valence-corrected chi connectivity index (χ1v) is 7.25. The number of pyridine rings is 1. The highest BCUT2D eigenvalue weighted by molar-refractivity contribution is 7.18. The lowest BCUT2D eigenvalue weighted by atomic mass is 10.2. The first kappa shape index (κ1) is 19.8. The van der Waals surface area contributed by atoms with Crippen LogP contribution in [0.25, 0.3) is 10.2 Å². The fraction of sp³-hybridized carbons (Fsp3) is 0.154. The summed E-state index contributed by atoms with van der Waals surface area (Å²) in [4.78, 5) is 11.7. The molecule has 0 atom stereocenters. The summed E-state index contributed by atoms with van der Waals surface area (Å²) in [5.74, 6) is -0.957. The lowest BCUT2D eigenvalue weighted by Crippen LogP contribution is -2.07. The number of thiophene rings is 1. The fourth-order valence-electron chi connectivity index (χ4n) is 1.90. The van der Waals surface area contributed by atoms with Gasteiger partial charge in [-0.25, -0.2) is 13.8 Å². The van der Waals surface area contributed by atoms with Crippen molar-refractivity contribution in [1.29, 1.82) is 0 Å². The second-order valence-corrected chi connectivity index (χ2v) is 5.59. The van der Waals surface area contributed by atoms with E-state index in [1.807, 2.05) is 12.3 Å². The van der Waals surface area contributed by atoms with Gasteiger partial charge in [0.05, 0.1) is 22.6 Å². The molecule has 10 heteroatoms. The van der Waals surface area contributed by atoms with Crippen LogP contribution < -0.4 is 5.32 Å². The Morgan fingerprint density at radius 3 is 2.48 bits per heavy atom. The van der Waals surface area contributed by atoms with E-state index in [1.165, 1.54) is 11.3 Å². The van der Waals surface area contributed by atoms with Crippen LogP contribution in [0.5, 0.6) is 0 Å². The Labute approximate surface area is 152 Å². The maximum absolute atomic E-state index is 13.6. The number of aromatic nitrogens is 3. The Hall–Kier alpha value is -1.28. The third kappa shape index (κ3) is 3.98. The van der Waals surface area contributed by atoms with Crippen LogP contribution in [0.1, 0.15) is 11.1 Å². The highest BCUT2D eigenvalue weighted by atomic mass is 35.5. The first-order valence-electron chi connectivity index (χ1n) is 5.99. The number of hydrogen-bond donors (Lipinski definition) is 1. The number of halogens is 5. The highest BCUT2D eigenvalue weighted by Crippen LogP contribution is 2.30. The molecule has 0 aliphatic heterocycles. The SMILES string of the molecule is Cc1csc2c(NCc3c(F)cncc3F)nc(Cl)nc12.Cl.Cl. The van der Waals surface area contributed by atoms with Crippen molar-refractivity contribution in [1.82, 2.24) is 15.0 Å². The minimum Gasteiger partial charge on any atom is -0.364 e. The molecular formula is C13H11Cl3F2N4S. The van der Waals surface area contributed by atoms with Gasteiger partial charge in [0.2, 0.25) is 5.28 Å². The summed E-state index contributed by atoms with van der Waals surface area (Å²) in [5, 5.41) is 4.92. The zero-order valence-corrected chi connectivity index (χ0v) is 14.8. The second-order valence-electron chi connectivity index (χ2n) is 4.37. The molecule has 3 rings (SSSR count). The fourth-order valence-corrected chi connectivity index (χ4v) is 3.03. The van der Waals surface area contributed by atoms with E-state index < -0.39 is 11.6 Å². The molecule has 3 heterocycles. The average Bonchev–Trinajstić information content (AvgIpc) is 2.80. The van der Waals surface area contributed by atoms with E-state index in [0.29, 0.717) is 5.82 Å². The Morgan fingerprint density at radius 2 is 1.83 bits per heavy atom. The molecule has 0 aromatic carbocycles. The molecule has 0 fully saturated rings. The van der Waals surface area contributed by atoms with Crippen molar-refractivity contribution < 1.29 is 8.78 Å². The molecule has 0 saturated heterocycles. The minimum atomic E-state index is -0.707. The predicted octanol–water partition coefficient (Wildman–Crippen LogP) is 4.78. The van der Waals surface area contributed by atoms with E-state index in [2.05, 4.69) is 20.3 Å². The molecule has 0 bridgehead atoms. The molecular weight excluding hydrogens is 389 g/mol. The molecule has 3 aromatic rings. The molecule has 0 unspecified atom stereocenters. The summed E-state index contributed by atoms with van der Waals surface area (Å²) in [5.41, 5.74) is 1.61. The van der Waals surface area contributed by atoms with Crippen LogP contribution in [0.4, 0.5) is 14.6 Å². The number of aryl methyl sites for hydroxylation is 1. The zero-order valence-electron chi connectivity index (χ0n) is 11.6. The summed E-state index contributed by atoms with van der Waals surface area (Å²) in [6, 6.07) is 0. The number of anilines is 1. The molecule has 124 valence electrons. The second kappa shape index (κ2) is 8.01. The summed E-state index contributed by atoms with van der Waals surface area (Å²) in [7, 11) is 0. The third-order valence-electron chi connectivity index (χ3n) is 2.95. The van der Waals surface area contributed by atoms with Gasteiger partial charge >= 0.3 is 0 Å². The van der Waals surface area contributed by atoms with Crippen LogP contribution in [0.3, 0.4) is 0 Å². The number of fused-ring (bicyclic) bond motifs is 1. The van der Waals surface area contributed by atoms with Crippen LogP contribution >= 0.6 is 47.8 Å². The molecule has 0 amide bonds. The van der Waals surface area contributed by atoms with Gasteiger partial charge in [0.25, 0.3) is 0 Å². The average molecular weight is 400 g/mol. The highest BCUT2D eigenvalue weighted by Gasteiger charge is 2.13. The summed E-state index contributed by atoms with van der Waals surface area (Å²) in [6.07, 6.45) is 1.94. The van der Waals surface area contributed by atoms with Crippen LogP contribution in [-0.2, 0) is 6.54 Å². The predicted molar refractivity (Wildman–Crippen MR) is 93.1 cm³/mol. The van der Waals surface area contributed by atoms with Crippen molar-refractivity contribution in [2.45, 2.75) is 13.5 Å². The lowest BCUT2D eigenvalue weighted by Gasteiger charge is -2.08. The summed E-state index contributed by atoms with van der Waals surface area (Å²) < 4.78 is 27.9. The van der Waals surface area contributed by atoms with Crippen molar-refractivity contribution in [2.75, 3.05) is 5.32 Å². The zero-order chi connectivity index (χ0) is 15.0. The van der Waals surface area contributed by atoms with E-state index in [1.54, 1.807) is 0 Å². The van der Waals surface area contributed by atoms with Crippen molar-refractivity contribution in [3.63, 3.8) is 0 Å². The third-order valence-corrected chi connectivity index (χ3v) is 4.21. The van der Waals surface area contributed by atoms with Gasteiger partial charge in [-0.3, -0.25) is 4.98 Å². The van der Waals surface area contributed by atoms with E-state index in [4.69, 9.17) is 11.6 Å². The number of hydrogen-bond acceptors (Lipinski definition) is 5. The summed E-state index contributed by atoms with van der Waals surface area (Å²) in [6.45, 7) is 1.85. The Morgan fingerprint density at radius 1 is 1.17 bits per heavy atom. The Balaban J connectivity index is 0.00000132. The quantitative estimate of drug-likeness (QED) is 0.644. The smallest absolute Gasteiger partial charge is 0.224 e. The summed E-state index contributed by atoms with van der Waals surface area (Å²) >= 11 is 7.33. The van der Waals surface area contributed by atoms with Gasteiger partial charge in [0, 0.05) is 12.1 Å². The molecule has 0 radical (unpaired) electrons. The minimum absolute atomic E-state index is 0. The first-order chi connectivity index (χ1) is 10.1. The normalized spacial score (nSPS) is 10.1. The van der Waals surface area contributed by atoms with E-state index in [0.717, 1.165) is 28.2 Å². The monoisotopic (exact) mass is 398 g/mol. The molecule has 1 N–H and O–H groups in total. The topological polar surface area (TPSA) is 50.7 Å². The number of nitrogens with zero attached hydrogens (tertiary/aromatic N) is 3. The molecule has 0 spiro atoms. The van der Waals surface area contributed by atoms with Crippen LogP contribution in [-0.4, -0.2) is 15.0 Å². The van der Waals surface area contributed by atoms with E-state index in [9.17, 15) is 8.78 Å².